The summed E-state index contributed by atoms with van der Waals surface area (Å²) in [4.78, 5) is 14.7. The summed E-state index contributed by atoms with van der Waals surface area (Å²) < 4.78 is 0. The molecule has 0 heterocycles. The standard InChI is InChI=1S/C22H32O5/c1-2-3-10-15-20(23)16-11-7-5-4-6-8-12-17-21(27-26)18-13-9-14-19-22(24)25/h3,5-13,16-17,20-21,23,26H,2,4,14-15,18-19H2,1H3,(H,24,25)/b7-5-,8-6-,10-3-,13-9-,16-11+,17-12+/t20-,21?/m1/s1. The van der Waals surface area contributed by atoms with Gasteiger partial charge in [-0.2, -0.15) is 0 Å². The molecule has 0 rings (SSSR count). The number of allylic oxidation sites excluding steroid dienone is 8. The molecule has 0 fully saturated rings. The monoisotopic (exact) mass is 376 g/mol. The highest BCUT2D eigenvalue weighted by atomic mass is 17.1. The molecule has 0 bridgehead atoms. The second-order valence-electron chi connectivity index (χ2n) is 5.83. The van der Waals surface area contributed by atoms with Crippen LogP contribution in [-0.4, -0.2) is 33.6 Å². The van der Waals surface area contributed by atoms with E-state index in [-0.39, 0.29) is 6.42 Å². The number of hydrogen-bond acceptors (Lipinski definition) is 4. The second kappa shape index (κ2) is 18.6. The lowest BCUT2D eigenvalue weighted by atomic mass is 10.2. The number of rotatable bonds is 15. The summed E-state index contributed by atoms with van der Waals surface area (Å²) in [5, 5.41) is 27.0. The molecule has 0 aromatic carbocycles. The SMILES string of the molecule is CC/C=C\C[C@@H](O)/C=C/C=C\C/C=C\C=C\C(C/C=C\CCC(=O)O)OO. The smallest absolute Gasteiger partial charge is 0.303 e. The summed E-state index contributed by atoms with van der Waals surface area (Å²) in [5.74, 6) is -0.829. The molecule has 0 saturated carbocycles. The van der Waals surface area contributed by atoms with Gasteiger partial charge < -0.3 is 10.2 Å². The zero-order valence-corrected chi connectivity index (χ0v) is 16.0. The van der Waals surface area contributed by atoms with Crippen LogP contribution in [-0.2, 0) is 9.68 Å². The Morgan fingerprint density at radius 3 is 2.22 bits per heavy atom. The lowest BCUT2D eigenvalue weighted by molar-refractivity contribution is -0.264. The minimum Gasteiger partial charge on any atom is -0.481 e. The van der Waals surface area contributed by atoms with E-state index in [1.54, 1.807) is 30.4 Å². The fourth-order valence-electron chi connectivity index (χ4n) is 1.97. The topological polar surface area (TPSA) is 87.0 Å². The molecular weight excluding hydrogens is 344 g/mol. The van der Waals surface area contributed by atoms with Crippen molar-refractivity contribution in [2.75, 3.05) is 0 Å². The number of aliphatic hydroxyl groups is 1. The molecule has 3 N–H and O–H groups in total. The van der Waals surface area contributed by atoms with Crippen molar-refractivity contribution in [3.8, 4) is 0 Å². The van der Waals surface area contributed by atoms with E-state index in [1.807, 2.05) is 42.5 Å². The zero-order valence-electron chi connectivity index (χ0n) is 16.0. The van der Waals surface area contributed by atoms with Crippen molar-refractivity contribution < 1.29 is 25.2 Å². The Morgan fingerprint density at radius 2 is 1.59 bits per heavy atom. The maximum absolute atomic E-state index is 10.4. The minimum atomic E-state index is -0.829. The first-order valence-electron chi connectivity index (χ1n) is 9.26. The second-order valence-corrected chi connectivity index (χ2v) is 5.83. The Labute approximate surface area is 162 Å². The van der Waals surface area contributed by atoms with Crippen molar-refractivity contribution in [2.45, 2.75) is 57.7 Å². The van der Waals surface area contributed by atoms with E-state index >= 15 is 0 Å². The maximum Gasteiger partial charge on any atom is 0.303 e. The van der Waals surface area contributed by atoms with Crippen LogP contribution in [0.3, 0.4) is 0 Å². The third-order valence-electron chi connectivity index (χ3n) is 3.40. The van der Waals surface area contributed by atoms with Crippen molar-refractivity contribution >= 4 is 5.97 Å². The van der Waals surface area contributed by atoms with Crippen LogP contribution < -0.4 is 0 Å². The van der Waals surface area contributed by atoms with Gasteiger partial charge in [-0.25, -0.2) is 4.89 Å². The largest absolute Gasteiger partial charge is 0.481 e. The van der Waals surface area contributed by atoms with Gasteiger partial charge in [0.25, 0.3) is 0 Å². The summed E-state index contributed by atoms with van der Waals surface area (Å²) in [6.45, 7) is 2.06. The molecule has 150 valence electrons. The number of carbonyl (C=O) groups is 1. The molecule has 1 unspecified atom stereocenters. The normalized spacial score (nSPS) is 15.4. The Kier molecular flexibility index (Phi) is 17.1. The van der Waals surface area contributed by atoms with Crippen molar-refractivity contribution in [1.82, 2.24) is 0 Å². The molecule has 0 saturated heterocycles. The van der Waals surface area contributed by atoms with Crippen molar-refractivity contribution in [2.24, 2.45) is 0 Å². The van der Waals surface area contributed by atoms with Gasteiger partial charge in [0.2, 0.25) is 0 Å². The molecule has 0 amide bonds. The average Bonchev–Trinajstić information content (AvgIpc) is 2.64. The fourth-order valence-corrected chi connectivity index (χ4v) is 1.97. The van der Waals surface area contributed by atoms with Gasteiger partial charge in [-0.1, -0.05) is 79.8 Å². The third-order valence-corrected chi connectivity index (χ3v) is 3.40. The molecule has 5 heteroatoms. The van der Waals surface area contributed by atoms with Crippen LogP contribution >= 0.6 is 0 Å². The number of hydrogen-bond donors (Lipinski definition) is 3. The van der Waals surface area contributed by atoms with Gasteiger partial charge in [0.05, 0.1) is 6.10 Å². The van der Waals surface area contributed by atoms with E-state index in [2.05, 4.69) is 11.8 Å². The molecule has 0 spiro atoms. The minimum absolute atomic E-state index is 0.0945. The van der Waals surface area contributed by atoms with E-state index in [0.717, 1.165) is 12.8 Å². The number of aliphatic carboxylic acids is 1. The van der Waals surface area contributed by atoms with Crippen LogP contribution in [0.5, 0.6) is 0 Å². The van der Waals surface area contributed by atoms with E-state index in [4.69, 9.17) is 10.4 Å². The number of aliphatic hydroxyl groups excluding tert-OH is 1. The fraction of sp³-hybridized carbons (Fsp3) is 0.409. The first-order valence-corrected chi connectivity index (χ1v) is 9.26. The molecular formula is C22H32O5. The van der Waals surface area contributed by atoms with Crippen molar-refractivity contribution in [3.05, 3.63) is 72.9 Å². The molecule has 0 aromatic heterocycles. The molecule has 2 atom stereocenters. The highest BCUT2D eigenvalue weighted by molar-refractivity contribution is 5.66. The lowest BCUT2D eigenvalue weighted by Gasteiger charge is -2.04. The number of carboxylic acid groups (broad SMARTS) is 1. The third kappa shape index (κ3) is 18.4. The van der Waals surface area contributed by atoms with Crippen LogP contribution in [0.4, 0.5) is 0 Å². The molecule has 5 nitrogen and oxygen atoms in total. The van der Waals surface area contributed by atoms with E-state index < -0.39 is 18.2 Å². The quantitative estimate of drug-likeness (QED) is 0.162. The zero-order chi connectivity index (χ0) is 20.2. The van der Waals surface area contributed by atoms with Gasteiger partial charge in [-0.15, -0.1) is 0 Å². The van der Waals surface area contributed by atoms with Gasteiger partial charge in [-0.3, -0.25) is 10.1 Å². The predicted octanol–water partition coefficient (Wildman–Crippen LogP) is 4.99. The maximum atomic E-state index is 10.4. The molecule has 0 radical (unpaired) electrons. The van der Waals surface area contributed by atoms with Crippen LogP contribution in [0, 0.1) is 0 Å². The first kappa shape index (κ1) is 24.8. The summed E-state index contributed by atoms with van der Waals surface area (Å²) in [6, 6.07) is 0. The highest BCUT2D eigenvalue weighted by Gasteiger charge is 2.00. The van der Waals surface area contributed by atoms with Gasteiger partial charge in [0.15, 0.2) is 0 Å². The van der Waals surface area contributed by atoms with Gasteiger partial charge in [0.1, 0.15) is 6.10 Å². The molecule has 0 aliphatic rings. The Hall–Kier alpha value is -2.21. The van der Waals surface area contributed by atoms with Crippen LogP contribution in [0.15, 0.2) is 72.9 Å². The van der Waals surface area contributed by atoms with Crippen LogP contribution in [0.1, 0.15) is 45.4 Å². The summed E-state index contributed by atoms with van der Waals surface area (Å²) in [5.41, 5.74) is 0. The Balaban J connectivity index is 4.00. The van der Waals surface area contributed by atoms with E-state index in [9.17, 15) is 9.90 Å². The summed E-state index contributed by atoms with van der Waals surface area (Å²) in [6.07, 6.45) is 24.8. The number of carboxylic acids is 1. The average molecular weight is 376 g/mol. The van der Waals surface area contributed by atoms with Crippen molar-refractivity contribution in [3.63, 3.8) is 0 Å². The van der Waals surface area contributed by atoms with Gasteiger partial charge >= 0.3 is 5.97 Å². The molecule has 27 heavy (non-hydrogen) atoms. The van der Waals surface area contributed by atoms with Gasteiger partial charge in [-0.05, 0) is 32.1 Å². The van der Waals surface area contributed by atoms with Crippen molar-refractivity contribution in [1.29, 1.82) is 0 Å². The Morgan fingerprint density at radius 1 is 0.926 bits per heavy atom. The lowest BCUT2D eigenvalue weighted by Crippen LogP contribution is -2.05. The van der Waals surface area contributed by atoms with Gasteiger partial charge in [0, 0.05) is 6.42 Å². The van der Waals surface area contributed by atoms with E-state index in [1.165, 1.54) is 0 Å². The van der Waals surface area contributed by atoms with Crippen LogP contribution in [0.25, 0.3) is 0 Å². The summed E-state index contributed by atoms with van der Waals surface area (Å²) in [7, 11) is 0. The molecule has 0 aliphatic heterocycles. The first-order chi connectivity index (χ1) is 13.1. The predicted molar refractivity (Wildman–Crippen MR) is 109 cm³/mol. The Bertz CT molecular complexity index is 541. The molecule has 0 aromatic rings. The molecule has 0 aliphatic carbocycles. The summed E-state index contributed by atoms with van der Waals surface area (Å²) >= 11 is 0. The van der Waals surface area contributed by atoms with E-state index in [0.29, 0.717) is 19.3 Å². The highest BCUT2D eigenvalue weighted by Crippen LogP contribution is 2.03. The van der Waals surface area contributed by atoms with Crippen LogP contribution in [0.2, 0.25) is 0 Å².